The van der Waals surface area contributed by atoms with Crippen molar-refractivity contribution < 1.29 is 19.1 Å². The van der Waals surface area contributed by atoms with E-state index in [0.717, 1.165) is 11.3 Å². The van der Waals surface area contributed by atoms with Crippen molar-refractivity contribution in [2.75, 3.05) is 11.1 Å². The lowest BCUT2D eigenvalue weighted by Gasteiger charge is -2.14. The van der Waals surface area contributed by atoms with Crippen LogP contribution >= 0.6 is 22.9 Å². The summed E-state index contributed by atoms with van der Waals surface area (Å²) in [6.07, 6.45) is -1.10. The second-order valence-electron chi connectivity index (χ2n) is 4.80. The zero-order valence-corrected chi connectivity index (χ0v) is 14.1. The van der Waals surface area contributed by atoms with Crippen LogP contribution in [0.2, 0.25) is 5.02 Å². The number of hydrogen-bond donors (Lipinski definition) is 3. The lowest BCUT2D eigenvalue weighted by molar-refractivity contribution is -0.123. The van der Waals surface area contributed by atoms with Gasteiger partial charge in [0, 0.05) is 10.7 Å². The Bertz CT molecular complexity index is 806. The summed E-state index contributed by atoms with van der Waals surface area (Å²) in [5, 5.41) is 4.79. The third kappa shape index (κ3) is 4.03. The summed E-state index contributed by atoms with van der Waals surface area (Å²) in [5.74, 6) is -2.01. The number of halogens is 1. The third-order valence-electron chi connectivity index (χ3n) is 3.05. The smallest absolute Gasteiger partial charge is 0.341 e. The predicted molar refractivity (Wildman–Crippen MR) is 92.2 cm³/mol. The first-order valence-corrected chi connectivity index (χ1v) is 7.99. The van der Waals surface area contributed by atoms with Crippen molar-refractivity contribution in [3.05, 3.63) is 45.8 Å². The van der Waals surface area contributed by atoms with Crippen LogP contribution in [0.3, 0.4) is 0 Å². The number of ether oxygens (including phenoxy) is 1. The van der Waals surface area contributed by atoms with Crippen LogP contribution in [0.5, 0.6) is 0 Å². The van der Waals surface area contributed by atoms with Gasteiger partial charge < -0.3 is 21.5 Å². The van der Waals surface area contributed by atoms with E-state index < -0.39 is 23.9 Å². The molecule has 1 heterocycles. The second-order valence-corrected chi connectivity index (χ2v) is 6.15. The molecule has 0 bridgehead atoms. The standard InChI is InChI=1S/C15H14ClN3O4S/c1-7(13(21)19-14-10(12(18)20)4-5-24-14)23-15(22)9-3-2-8(16)6-11(9)17/h2-7H,17H2,1H3,(H2,18,20)(H,19,21)/t7-/m0/s1. The molecule has 0 spiro atoms. The van der Waals surface area contributed by atoms with Crippen LogP contribution in [-0.2, 0) is 9.53 Å². The lowest BCUT2D eigenvalue weighted by Crippen LogP contribution is -2.30. The van der Waals surface area contributed by atoms with Gasteiger partial charge in [-0.05, 0) is 36.6 Å². The van der Waals surface area contributed by atoms with E-state index in [2.05, 4.69) is 5.32 Å². The molecule has 2 rings (SSSR count). The van der Waals surface area contributed by atoms with Crippen LogP contribution in [0.4, 0.5) is 10.7 Å². The van der Waals surface area contributed by atoms with E-state index in [4.69, 9.17) is 27.8 Å². The van der Waals surface area contributed by atoms with Gasteiger partial charge in [0.2, 0.25) is 0 Å². The molecular weight excluding hydrogens is 354 g/mol. The number of carbonyl (C=O) groups is 3. The molecule has 5 N–H and O–H groups in total. The highest BCUT2D eigenvalue weighted by atomic mass is 35.5. The number of hydrogen-bond acceptors (Lipinski definition) is 6. The molecule has 0 unspecified atom stereocenters. The van der Waals surface area contributed by atoms with E-state index >= 15 is 0 Å². The number of amides is 2. The quantitative estimate of drug-likeness (QED) is 0.552. The Hall–Kier alpha value is -2.58. The predicted octanol–water partition coefficient (Wildman–Crippen LogP) is 2.27. The highest BCUT2D eigenvalue weighted by Gasteiger charge is 2.22. The number of nitrogens with one attached hydrogen (secondary N) is 1. The summed E-state index contributed by atoms with van der Waals surface area (Å²) in [6, 6.07) is 5.81. The highest BCUT2D eigenvalue weighted by molar-refractivity contribution is 7.14. The summed E-state index contributed by atoms with van der Waals surface area (Å²) in [5.41, 5.74) is 11.3. The summed E-state index contributed by atoms with van der Waals surface area (Å²) in [4.78, 5) is 35.4. The van der Waals surface area contributed by atoms with Gasteiger partial charge in [-0.15, -0.1) is 11.3 Å². The zero-order chi connectivity index (χ0) is 17.9. The molecule has 0 radical (unpaired) electrons. The van der Waals surface area contributed by atoms with E-state index in [1.54, 1.807) is 5.38 Å². The number of benzene rings is 1. The van der Waals surface area contributed by atoms with Gasteiger partial charge in [-0.2, -0.15) is 0 Å². The first-order valence-electron chi connectivity index (χ1n) is 6.73. The molecule has 0 aliphatic rings. The first kappa shape index (κ1) is 17.8. The zero-order valence-electron chi connectivity index (χ0n) is 12.5. The Kier molecular flexibility index (Phi) is 5.42. The number of nitrogen functional groups attached to an aromatic ring is 1. The number of nitrogens with two attached hydrogens (primary N) is 2. The third-order valence-corrected chi connectivity index (χ3v) is 4.12. The molecule has 0 fully saturated rings. The van der Waals surface area contributed by atoms with Crippen LogP contribution in [0.1, 0.15) is 27.6 Å². The van der Waals surface area contributed by atoms with Crippen molar-refractivity contribution in [3.8, 4) is 0 Å². The highest BCUT2D eigenvalue weighted by Crippen LogP contribution is 2.23. The maximum absolute atomic E-state index is 12.1. The fourth-order valence-electron chi connectivity index (χ4n) is 1.81. The number of thiophene rings is 1. The Morgan fingerprint density at radius 3 is 2.58 bits per heavy atom. The van der Waals surface area contributed by atoms with E-state index in [1.165, 1.54) is 31.2 Å². The maximum atomic E-state index is 12.1. The summed E-state index contributed by atoms with van der Waals surface area (Å²) < 4.78 is 5.08. The number of primary amides is 1. The molecular formula is C15H14ClN3O4S. The molecule has 0 saturated carbocycles. The fraction of sp³-hybridized carbons (Fsp3) is 0.133. The molecule has 2 amide bonds. The van der Waals surface area contributed by atoms with E-state index in [0.29, 0.717) is 10.0 Å². The van der Waals surface area contributed by atoms with Crippen molar-refractivity contribution in [1.82, 2.24) is 0 Å². The number of carbonyl (C=O) groups excluding carboxylic acids is 3. The Labute approximate surface area is 146 Å². The van der Waals surface area contributed by atoms with Gasteiger partial charge in [0.05, 0.1) is 11.1 Å². The summed E-state index contributed by atoms with van der Waals surface area (Å²) >= 11 is 6.90. The second kappa shape index (κ2) is 7.33. The maximum Gasteiger partial charge on any atom is 0.341 e. The SMILES string of the molecule is C[C@H](OC(=O)c1ccc(Cl)cc1N)C(=O)Nc1sccc1C(N)=O. The van der Waals surface area contributed by atoms with Crippen molar-refractivity contribution in [1.29, 1.82) is 0 Å². The van der Waals surface area contributed by atoms with Crippen LogP contribution in [0.15, 0.2) is 29.6 Å². The molecule has 1 atom stereocenters. The minimum atomic E-state index is -1.10. The molecule has 9 heteroatoms. The molecule has 1 aromatic carbocycles. The average molecular weight is 368 g/mol. The normalized spacial score (nSPS) is 11.6. The first-order chi connectivity index (χ1) is 11.3. The number of esters is 1. The van der Waals surface area contributed by atoms with Crippen LogP contribution in [0, 0.1) is 0 Å². The van der Waals surface area contributed by atoms with Crippen LogP contribution < -0.4 is 16.8 Å². The molecule has 0 saturated heterocycles. The van der Waals surface area contributed by atoms with Gasteiger partial charge in [-0.3, -0.25) is 9.59 Å². The van der Waals surface area contributed by atoms with Crippen LogP contribution in [-0.4, -0.2) is 23.9 Å². The number of rotatable bonds is 5. The molecule has 126 valence electrons. The molecule has 0 aliphatic heterocycles. The van der Waals surface area contributed by atoms with Crippen molar-refractivity contribution in [2.24, 2.45) is 5.73 Å². The molecule has 0 aliphatic carbocycles. The molecule has 24 heavy (non-hydrogen) atoms. The monoisotopic (exact) mass is 367 g/mol. The lowest BCUT2D eigenvalue weighted by atomic mass is 10.2. The summed E-state index contributed by atoms with van der Waals surface area (Å²) in [6.45, 7) is 1.40. The minimum Gasteiger partial charge on any atom is -0.449 e. The van der Waals surface area contributed by atoms with Gasteiger partial charge in [0.15, 0.2) is 6.10 Å². The van der Waals surface area contributed by atoms with Crippen molar-refractivity contribution in [2.45, 2.75) is 13.0 Å². The molecule has 7 nitrogen and oxygen atoms in total. The van der Waals surface area contributed by atoms with Gasteiger partial charge in [0.25, 0.3) is 11.8 Å². The summed E-state index contributed by atoms with van der Waals surface area (Å²) in [7, 11) is 0. The Morgan fingerprint density at radius 1 is 1.25 bits per heavy atom. The van der Waals surface area contributed by atoms with Crippen molar-refractivity contribution in [3.63, 3.8) is 0 Å². The fourth-order valence-corrected chi connectivity index (χ4v) is 2.79. The van der Waals surface area contributed by atoms with E-state index in [-0.39, 0.29) is 16.8 Å². The van der Waals surface area contributed by atoms with Gasteiger partial charge >= 0.3 is 5.97 Å². The molecule has 1 aromatic heterocycles. The number of anilines is 2. The van der Waals surface area contributed by atoms with Gasteiger partial charge in [0.1, 0.15) is 5.00 Å². The Morgan fingerprint density at radius 2 is 1.96 bits per heavy atom. The van der Waals surface area contributed by atoms with Gasteiger partial charge in [-0.25, -0.2) is 4.79 Å². The topological polar surface area (TPSA) is 125 Å². The minimum absolute atomic E-state index is 0.105. The molecule has 2 aromatic rings. The largest absolute Gasteiger partial charge is 0.449 e. The van der Waals surface area contributed by atoms with E-state index in [9.17, 15) is 14.4 Å². The average Bonchev–Trinajstić information content (AvgIpc) is 2.95. The van der Waals surface area contributed by atoms with Crippen molar-refractivity contribution >= 4 is 51.4 Å². The van der Waals surface area contributed by atoms with Gasteiger partial charge in [-0.1, -0.05) is 11.6 Å². The van der Waals surface area contributed by atoms with Crippen LogP contribution in [0.25, 0.3) is 0 Å². The Balaban J connectivity index is 2.04. The van der Waals surface area contributed by atoms with E-state index in [1.807, 2.05) is 0 Å².